The Balaban J connectivity index is 2.32. The fourth-order valence-corrected chi connectivity index (χ4v) is 2.94. The van der Waals surface area contributed by atoms with E-state index in [-0.39, 0.29) is 0 Å². The highest BCUT2D eigenvalue weighted by Crippen LogP contribution is 2.38. The molecule has 0 radical (unpaired) electrons. The summed E-state index contributed by atoms with van der Waals surface area (Å²) in [6.07, 6.45) is 5.14. The Bertz CT molecular complexity index is 203. The van der Waals surface area contributed by atoms with E-state index in [1.54, 1.807) is 7.11 Å². The number of hydrogen-bond acceptors (Lipinski definition) is 2. The second kappa shape index (κ2) is 6.02. The highest BCUT2D eigenvalue weighted by atomic mass is 16.5. The van der Waals surface area contributed by atoms with Gasteiger partial charge in [0.2, 0.25) is 0 Å². The van der Waals surface area contributed by atoms with Crippen LogP contribution in [-0.4, -0.2) is 25.8 Å². The monoisotopic (exact) mass is 227 g/mol. The lowest BCUT2D eigenvalue weighted by Crippen LogP contribution is -2.45. The van der Waals surface area contributed by atoms with Gasteiger partial charge in [-0.25, -0.2) is 0 Å². The minimum Gasteiger partial charge on any atom is -0.385 e. The molecular formula is C14H29NO. The van der Waals surface area contributed by atoms with Crippen LogP contribution in [0, 0.1) is 11.3 Å². The molecule has 0 bridgehead atoms. The zero-order valence-electron chi connectivity index (χ0n) is 11.7. The van der Waals surface area contributed by atoms with Gasteiger partial charge in [0.05, 0.1) is 0 Å². The summed E-state index contributed by atoms with van der Waals surface area (Å²) >= 11 is 0. The van der Waals surface area contributed by atoms with Crippen molar-refractivity contribution in [3.8, 4) is 0 Å². The first-order valence-electron chi connectivity index (χ1n) is 6.69. The van der Waals surface area contributed by atoms with Crippen molar-refractivity contribution < 1.29 is 4.74 Å². The molecule has 1 N–H and O–H groups in total. The molecule has 96 valence electrons. The molecule has 0 saturated heterocycles. The van der Waals surface area contributed by atoms with Gasteiger partial charge < -0.3 is 10.1 Å². The predicted octanol–water partition coefficient (Wildman–Crippen LogP) is 3.22. The molecule has 0 spiro atoms. The number of ether oxygens (including phenoxy) is 1. The minimum atomic E-state index is 0.549. The lowest BCUT2D eigenvalue weighted by Gasteiger charge is -2.40. The van der Waals surface area contributed by atoms with Crippen LogP contribution in [0.1, 0.15) is 53.4 Å². The number of methoxy groups -OCH3 is 1. The van der Waals surface area contributed by atoms with Crippen molar-refractivity contribution in [3.05, 3.63) is 0 Å². The minimum absolute atomic E-state index is 0.549. The van der Waals surface area contributed by atoms with Gasteiger partial charge in [-0.2, -0.15) is 0 Å². The van der Waals surface area contributed by atoms with Crippen LogP contribution in [0.2, 0.25) is 0 Å². The summed E-state index contributed by atoms with van der Waals surface area (Å²) in [4.78, 5) is 0. The Morgan fingerprint density at radius 3 is 2.69 bits per heavy atom. The van der Waals surface area contributed by atoms with Gasteiger partial charge in [-0.05, 0) is 43.9 Å². The van der Waals surface area contributed by atoms with Gasteiger partial charge in [-0.1, -0.05) is 20.8 Å². The van der Waals surface area contributed by atoms with Crippen molar-refractivity contribution in [3.63, 3.8) is 0 Å². The zero-order chi connectivity index (χ0) is 12.2. The van der Waals surface area contributed by atoms with Crippen LogP contribution in [0.3, 0.4) is 0 Å². The maximum absolute atomic E-state index is 5.12. The van der Waals surface area contributed by atoms with Gasteiger partial charge >= 0.3 is 0 Å². The van der Waals surface area contributed by atoms with Crippen LogP contribution < -0.4 is 5.32 Å². The van der Waals surface area contributed by atoms with Crippen LogP contribution in [0.4, 0.5) is 0 Å². The van der Waals surface area contributed by atoms with Gasteiger partial charge in [0.15, 0.2) is 0 Å². The van der Waals surface area contributed by atoms with Gasteiger partial charge in [0.25, 0.3) is 0 Å². The van der Waals surface area contributed by atoms with Gasteiger partial charge in [0, 0.05) is 25.8 Å². The second-order valence-electron chi connectivity index (χ2n) is 6.34. The van der Waals surface area contributed by atoms with Crippen molar-refractivity contribution in [2.24, 2.45) is 11.3 Å². The topological polar surface area (TPSA) is 21.3 Å². The van der Waals surface area contributed by atoms with E-state index in [1.807, 2.05) is 0 Å². The first-order chi connectivity index (χ1) is 7.44. The Labute approximate surface area is 101 Å². The molecule has 1 saturated carbocycles. The first kappa shape index (κ1) is 14.0. The molecule has 1 aliphatic carbocycles. The third-order valence-corrected chi connectivity index (χ3v) is 3.95. The summed E-state index contributed by atoms with van der Waals surface area (Å²) in [6.45, 7) is 10.3. The Kier molecular flexibility index (Phi) is 5.26. The van der Waals surface area contributed by atoms with E-state index in [2.05, 4.69) is 33.0 Å². The Hall–Kier alpha value is -0.0800. The lowest BCUT2D eigenvalue weighted by molar-refractivity contribution is 0.133. The quantitative estimate of drug-likeness (QED) is 0.778. The molecule has 0 aromatic heterocycles. The van der Waals surface area contributed by atoms with Crippen LogP contribution >= 0.6 is 0 Å². The average molecular weight is 227 g/mol. The van der Waals surface area contributed by atoms with E-state index in [1.165, 1.54) is 19.3 Å². The fourth-order valence-electron chi connectivity index (χ4n) is 2.94. The zero-order valence-corrected chi connectivity index (χ0v) is 11.7. The summed E-state index contributed by atoms with van der Waals surface area (Å²) in [6, 6.07) is 1.29. The molecular weight excluding hydrogens is 198 g/mol. The number of nitrogens with one attached hydrogen (secondary N) is 1. The molecule has 3 unspecified atom stereocenters. The van der Waals surface area contributed by atoms with Crippen molar-refractivity contribution in [2.45, 2.75) is 65.5 Å². The highest BCUT2D eigenvalue weighted by Gasteiger charge is 2.32. The van der Waals surface area contributed by atoms with E-state index < -0.39 is 0 Å². The molecule has 0 heterocycles. The molecule has 0 amide bonds. The first-order valence-corrected chi connectivity index (χ1v) is 6.69. The van der Waals surface area contributed by atoms with Gasteiger partial charge in [-0.3, -0.25) is 0 Å². The summed E-state index contributed by atoms with van der Waals surface area (Å²) in [5.41, 5.74) is 0.549. The molecule has 3 atom stereocenters. The lowest BCUT2D eigenvalue weighted by atomic mass is 9.70. The SMILES string of the molecule is COCCC(C)NC1CCC(C)(C)CC1C. The maximum atomic E-state index is 5.12. The molecule has 1 aliphatic rings. The van der Waals surface area contributed by atoms with E-state index in [9.17, 15) is 0 Å². The molecule has 1 rings (SSSR count). The van der Waals surface area contributed by atoms with Gasteiger partial charge in [-0.15, -0.1) is 0 Å². The summed E-state index contributed by atoms with van der Waals surface area (Å²) in [7, 11) is 1.78. The number of hydrogen-bond donors (Lipinski definition) is 1. The second-order valence-corrected chi connectivity index (χ2v) is 6.34. The third-order valence-electron chi connectivity index (χ3n) is 3.95. The van der Waals surface area contributed by atoms with Crippen LogP contribution in [-0.2, 0) is 4.74 Å². The van der Waals surface area contributed by atoms with Crippen molar-refractivity contribution in [1.29, 1.82) is 0 Å². The van der Waals surface area contributed by atoms with Crippen LogP contribution in [0.5, 0.6) is 0 Å². The van der Waals surface area contributed by atoms with Crippen molar-refractivity contribution in [1.82, 2.24) is 5.32 Å². The molecule has 0 aliphatic heterocycles. The van der Waals surface area contributed by atoms with E-state index in [0.29, 0.717) is 17.5 Å². The summed E-state index contributed by atoms with van der Waals surface area (Å²) in [5.74, 6) is 0.800. The largest absolute Gasteiger partial charge is 0.385 e. The predicted molar refractivity (Wildman–Crippen MR) is 69.7 cm³/mol. The average Bonchev–Trinajstić information content (AvgIpc) is 2.18. The fraction of sp³-hybridized carbons (Fsp3) is 1.00. The molecule has 1 fully saturated rings. The Morgan fingerprint density at radius 1 is 1.44 bits per heavy atom. The number of rotatable bonds is 5. The van der Waals surface area contributed by atoms with Crippen LogP contribution in [0.15, 0.2) is 0 Å². The maximum Gasteiger partial charge on any atom is 0.0476 e. The van der Waals surface area contributed by atoms with Crippen molar-refractivity contribution >= 4 is 0 Å². The van der Waals surface area contributed by atoms with E-state index in [4.69, 9.17) is 4.74 Å². The standard InChI is InChI=1S/C14H29NO/c1-11-10-14(3,4)8-6-13(11)15-12(2)7-9-16-5/h11-13,15H,6-10H2,1-5H3. The summed E-state index contributed by atoms with van der Waals surface area (Å²) < 4.78 is 5.12. The smallest absolute Gasteiger partial charge is 0.0476 e. The van der Waals surface area contributed by atoms with E-state index in [0.717, 1.165) is 18.9 Å². The van der Waals surface area contributed by atoms with Crippen molar-refractivity contribution in [2.75, 3.05) is 13.7 Å². The van der Waals surface area contributed by atoms with Crippen LogP contribution in [0.25, 0.3) is 0 Å². The third kappa shape index (κ3) is 4.42. The van der Waals surface area contributed by atoms with Gasteiger partial charge in [0.1, 0.15) is 0 Å². The molecule has 0 aromatic rings. The van der Waals surface area contributed by atoms with E-state index >= 15 is 0 Å². The molecule has 2 heteroatoms. The molecule has 0 aromatic carbocycles. The highest BCUT2D eigenvalue weighted by molar-refractivity contribution is 4.87. The molecule has 16 heavy (non-hydrogen) atoms. The molecule has 2 nitrogen and oxygen atoms in total. The summed E-state index contributed by atoms with van der Waals surface area (Å²) in [5, 5.41) is 3.76. The Morgan fingerprint density at radius 2 is 2.12 bits per heavy atom. The normalized spacial score (nSPS) is 31.3.